The Morgan fingerprint density at radius 1 is 1.26 bits per heavy atom. The Balaban J connectivity index is 0.00000264. The summed E-state index contributed by atoms with van der Waals surface area (Å²) in [6.07, 6.45) is 6.56. The molecule has 2 unspecified atom stereocenters. The van der Waals surface area contributed by atoms with Crippen molar-refractivity contribution in [1.82, 2.24) is 4.90 Å². The highest BCUT2D eigenvalue weighted by Gasteiger charge is 2.43. The molecular formula is C19H30ClNO2. The van der Waals surface area contributed by atoms with Crippen LogP contribution in [-0.4, -0.2) is 37.1 Å². The quantitative estimate of drug-likeness (QED) is 0.712. The lowest BCUT2D eigenvalue weighted by Crippen LogP contribution is -2.48. The van der Waals surface area contributed by atoms with E-state index in [-0.39, 0.29) is 24.0 Å². The van der Waals surface area contributed by atoms with E-state index in [4.69, 9.17) is 4.74 Å². The molecule has 1 aliphatic rings. The third kappa shape index (κ3) is 5.22. The standard InChI is InChI=1S/C19H29NO2.ClH/c1-4-13-19(14-9-8-12-17(19)15-20(2)3)22-18(21)16-10-6-5-7-11-16;/h5-7,10-11,17H,4,8-9,12-15H2,1-3H3;1H. The number of carbonyl (C=O) groups excluding carboxylic acids is 1. The number of ether oxygens (including phenoxy) is 1. The fourth-order valence-corrected chi connectivity index (χ4v) is 3.74. The van der Waals surface area contributed by atoms with Gasteiger partial charge in [-0.15, -0.1) is 12.4 Å². The number of halogens is 1. The second-order valence-corrected chi connectivity index (χ2v) is 6.78. The first kappa shape index (κ1) is 20.0. The lowest BCUT2D eigenvalue weighted by Gasteiger charge is -2.44. The highest BCUT2D eigenvalue weighted by molar-refractivity contribution is 5.89. The summed E-state index contributed by atoms with van der Waals surface area (Å²) in [6, 6.07) is 9.38. The van der Waals surface area contributed by atoms with Crippen LogP contribution in [0.25, 0.3) is 0 Å². The molecule has 1 aromatic carbocycles. The molecule has 0 spiro atoms. The molecule has 2 rings (SSSR count). The molecule has 2 atom stereocenters. The lowest BCUT2D eigenvalue weighted by atomic mass is 9.72. The van der Waals surface area contributed by atoms with Crippen molar-refractivity contribution in [2.24, 2.45) is 5.92 Å². The summed E-state index contributed by atoms with van der Waals surface area (Å²) in [7, 11) is 4.20. The van der Waals surface area contributed by atoms with Gasteiger partial charge in [-0.25, -0.2) is 4.79 Å². The molecule has 0 heterocycles. The van der Waals surface area contributed by atoms with Crippen LogP contribution in [0.1, 0.15) is 55.8 Å². The van der Waals surface area contributed by atoms with Crippen molar-refractivity contribution < 1.29 is 9.53 Å². The largest absolute Gasteiger partial charge is 0.455 e. The van der Waals surface area contributed by atoms with E-state index in [2.05, 4.69) is 25.9 Å². The minimum Gasteiger partial charge on any atom is -0.455 e. The first-order chi connectivity index (χ1) is 10.6. The van der Waals surface area contributed by atoms with Gasteiger partial charge in [-0.2, -0.15) is 0 Å². The fraction of sp³-hybridized carbons (Fsp3) is 0.632. The van der Waals surface area contributed by atoms with Crippen LogP contribution >= 0.6 is 12.4 Å². The zero-order valence-electron chi connectivity index (χ0n) is 14.6. The Morgan fingerprint density at radius 3 is 2.57 bits per heavy atom. The van der Waals surface area contributed by atoms with Crippen molar-refractivity contribution in [3.8, 4) is 0 Å². The van der Waals surface area contributed by atoms with Gasteiger partial charge in [0, 0.05) is 12.5 Å². The van der Waals surface area contributed by atoms with E-state index in [9.17, 15) is 4.79 Å². The molecule has 0 radical (unpaired) electrons. The Morgan fingerprint density at radius 2 is 1.96 bits per heavy atom. The molecule has 130 valence electrons. The van der Waals surface area contributed by atoms with Gasteiger partial charge in [0.1, 0.15) is 5.60 Å². The van der Waals surface area contributed by atoms with Crippen molar-refractivity contribution in [3.05, 3.63) is 35.9 Å². The third-order valence-electron chi connectivity index (χ3n) is 4.71. The molecular weight excluding hydrogens is 310 g/mol. The predicted octanol–water partition coefficient (Wildman–Crippen LogP) is 4.56. The maximum atomic E-state index is 12.6. The molecule has 0 N–H and O–H groups in total. The summed E-state index contributed by atoms with van der Waals surface area (Å²) in [4.78, 5) is 14.8. The minimum atomic E-state index is -0.288. The maximum Gasteiger partial charge on any atom is 0.338 e. The number of esters is 1. The zero-order valence-corrected chi connectivity index (χ0v) is 15.4. The highest BCUT2D eigenvalue weighted by Crippen LogP contribution is 2.41. The molecule has 0 saturated heterocycles. The molecule has 0 aromatic heterocycles. The Hall–Kier alpha value is -1.06. The van der Waals surface area contributed by atoms with Crippen molar-refractivity contribution in [2.45, 2.75) is 51.0 Å². The first-order valence-corrected chi connectivity index (χ1v) is 8.50. The van der Waals surface area contributed by atoms with Gasteiger partial charge in [-0.3, -0.25) is 0 Å². The summed E-state index contributed by atoms with van der Waals surface area (Å²) in [5.74, 6) is 0.267. The van der Waals surface area contributed by atoms with Gasteiger partial charge >= 0.3 is 5.97 Å². The summed E-state index contributed by atoms with van der Waals surface area (Å²) in [5, 5.41) is 0. The van der Waals surface area contributed by atoms with E-state index in [1.54, 1.807) is 0 Å². The van der Waals surface area contributed by atoms with Crippen LogP contribution in [0.5, 0.6) is 0 Å². The Bertz CT molecular complexity index is 474. The smallest absolute Gasteiger partial charge is 0.338 e. The van der Waals surface area contributed by atoms with Crippen LogP contribution in [0.15, 0.2) is 30.3 Å². The average Bonchev–Trinajstić information content (AvgIpc) is 2.50. The van der Waals surface area contributed by atoms with E-state index in [0.717, 1.165) is 38.6 Å². The molecule has 3 nitrogen and oxygen atoms in total. The SMILES string of the molecule is CCCC1(OC(=O)c2ccccc2)CCCCC1CN(C)C.Cl. The van der Waals surface area contributed by atoms with Crippen LogP contribution < -0.4 is 0 Å². The van der Waals surface area contributed by atoms with Gasteiger partial charge in [-0.05, 0) is 51.9 Å². The van der Waals surface area contributed by atoms with Crippen molar-refractivity contribution in [3.63, 3.8) is 0 Å². The van der Waals surface area contributed by atoms with Gasteiger partial charge in [0.05, 0.1) is 5.56 Å². The van der Waals surface area contributed by atoms with Crippen molar-refractivity contribution in [2.75, 3.05) is 20.6 Å². The van der Waals surface area contributed by atoms with E-state index in [0.29, 0.717) is 11.5 Å². The highest BCUT2D eigenvalue weighted by atomic mass is 35.5. The van der Waals surface area contributed by atoms with Gasteiger partial charge in [0.25, 0.3) is 0 Å². The van der Waals surface area contributed by atoms with Crippen LogP contribution in [0, 0.1) is 5.92 Å². The van der Waals surface area contributed by atoms with Gasteiger partial charge in [0.2, 0.25) is 0 Å². The molecule has 0 aliphatic heterocycles. The molecule has 4 heteroatoms. The number of rotatable bonds is 6. The summed E-state index contributed by atoms with van der Waals surface area (Å²) < 4.78 is 6.15. The van der Waals surface area contributed by atoms with Crippen molar-refractivity contribution in [1.29, 1.82) is 0 Å². The number of hydrogen-bond donors (Lipinski definition) is 0. The first-order valence-electron chi connectivity index (χ1n) is 8.50. The third-order valence-corrected chi connectivity index (χ3v) is 4.71. The van der Waals surface area contributed by atoms with Crippen LogP contribution in [0.4, 0.5) is 0 Å². The van der Waals surface area contributed by atoms with E-state index in [1.807, 2.05) is 30.3 Å². The molecule has 0 bridgehead atoms. The van der Waals surface area contributed by atoms with Crippen LogP contribution in [0.3, 0.4) is 0 Å². The second-order valence-electron chi connectivity index (χ2n) is 6.78. The number of benzene rings is 1. The zero-order chi connectivity index (χ0) is 16.0. The van der Waals surface area contributed by atoms with Crippen LogP contribution in [-0.2, 0) is 4.74 Å². The Labute approximate surface area is 146 Å². The number of hydrogen-bond acceptors (Lipinski definition) is 3. The summed E-state index contributed by atoms with van der Waals surface area (Å²) in [5.41, 5.74) is 0.372. The van der Waals surface area contributed by atoms with Gasteiger partial charge in [0.15, 0.2) is 0 Å². The second kappa shape index (κ2) is 9.29. The molecule has 0 amide bonds. The monoisotopic (exact) mass is 339 g/mol. The van der Waals surface area contributed by atoms with Crippen molar-refractivity contribution >= 4 is 18.4 Å². The molecule has 1 aliphatic carbocycles. The summed E-state index contributed by atoms with van der Waals surface area (Å²) in [6.45, 7) is 3.17. The van der Waals surface area contributed by atoms with Crippen LogP contribution in [0.2, 0.25) is 0 Å². The molecule has 23 heavy (non-hydrogen) atoms. The molecule has 1 saturated carbocycles. The fourth-order valence-electron chi connectivity index (χ4n) is 3.74. The number of carbonyl (C=O) groups is 1. The normalized spacial score (nSPS) is 24.1. The lowest BCUT2D eigenvalue weighted by molar-refractivity contribution is -0.0822. The molecule has 1 fully saturated rings. The maximum absolute atomic E-state index is 12.6. The average molecular weight is 340 g/mol. The Kier molecular flexibility index (Phi) is 8.07. The predicted molar refractivity (Wildman–Crippen MR) is 97.3 cm³/mol. The van der Waals surface area contributed by atoms with Gasteiger partial charge in [-0.1, -0.05) is 38.0 Å². The topological polar surface area (TPSA) is 29.5 Å². The minimum absolute atomic E-state index is 0. The number of nitrogens with zero attached hydrogens (tertiary/aromatic N) is 1. The van der Waals surface area contributed by atoms with E-state index >= 15 is 0 Å². The van der Waals surface area contributed by atoms with E-state index < -0.39 is 0 Å². The summed E-state index contributed by atoms with van der Waals surface area (Å²) >= 11 is 0. The van der Waals surface area contributed by atoms with Gasteiger partial charge < -0.3 is 9.64 Å². The van der Waals surface area contributed by atoms with E-state index in [1.165, 1.54) is 6.42 Å². The molecule has 1 aromatic rings.